The highest BCUT2D eigenvalue weighted by Gasteiger charge is 2.54. The molecule has 2 heterocycles. The van der Waals surface area contributed by atoms with Crippen molar-refractivity contribution < 1.29 is 4.79 Å². The van der Waals surface area contributed by atoms with Gasteiger partial charge in [-0.1, -0.05) is 50.1 Å². The zero-order valence-electron chi connectivity index (χ0n) is 15.3. The number of allylic oxidation sites excluding steroid dienone is 2. The Kier molecular flexibility index (Phi) is 3.46. The van der Waals surface area contributed by atoms with Gasteiger partial charge >= 0.3 is 0 Å². The first-order valence-electron chi connectivity index (χ1n) is 9.88. The number of nitrogens with zero attached hydrogens (tertiary/aromatic N) is 2. The Bertz CT molecular complexity index is 845. The van der Waals surface area contributed by atoms with E-state index in [9.17, 15) is 4.79 Å². The van der Waals surface area contributed by atoms with Crippen molar-refractivity contribution in [1.82, 2.24) is 5.32 Å². The number of carbonyl (C=O) groups is 1. The molecule has 0 amide bonds. The molecule has 1 fully saturated rings. The Morgan fingerprint density at radius 2 is 1.92 bits per heavy atom. The Balaban J connectivity index is 1.72. The van der Waals surface area contributed by atoms with Gasteiger partial charge in [0, 0.05) is 23.3 Å². The number of ketones is 1. The zero-order chi connectivity index (χ0) is 17.8. The Labute approximate surface area is 154 Å². The lowest BCUT2D eigenvalue weighted by molar-refractivity contribution is -0.119. The maximum atomic E-state index is 13.5. The van der Waals surface area contributed by atoms with Gasteiger partial charge in [-0.05, 0) is 36.7 Å². The average Bonchev–Trinajstić information content (AvgIpc) is 3.30. The molecule has 1 aromatic carbocycles. The van der Waals surface area contributed by atoms with Gasteiger partial charge in [0.25, 0.3) is 0 Å². The summed E-state index contributed by atoms with van der Waals surface area (Å²) in [6, 6.07) is 10.5. The molecule has 2 aliphatic heterocycles. The van der Waals surface area contributed by atoms with Gasteiger partial charge in [-0.25, -0.2) is 0 Å². The van der Waals surface area contributed by atoms with Crippen molar-refractivity contribution in [1.29, 1.82) is 0 Å². The Hall–Kier alpha value is -2.23. The van der Waals surface area contributed by atoms with Crippen LogP contribution in [-0.2, 0) is 10.2 Å². The molecule has 4 heteroatoms. The molecule has 4 aliphatic rings. The first kappa shape index (κ1) is 16.0. The highest BCUT2D eigenvalue weighted by molar-refractivity contribution is 6.01. The van der Waals surface area contributed by atoms with Crippen LogP contribution < -0.4 is 5.32 Å². The number of rotatable bonds is 2. The van der Waals surface area contributed by atoms with Crippen LogP contribution in [0.5, 0.6) is 0 Å². The van der Waals surface area contributed by atoms with Crippen molar-refractivity contribution in [2.24, 2.45) is 15.6 Å². The molecular formula is C22H25N3O. The van der Waals surface area contributed by atoms with Crippen molar-refractivity contribution in [3.8, 4) is 0 Å². The van der Waals surface area contributed by atoms with E-state index in [1.165, 1.54) is 31.2 Å². The summed E-state index contributed by atoms with van der Waals surface area (Å²) in [6.07, 6.45) is 9.15. The lowest BCUT2D eigenvalue weighted by Crippen LogP contribution is -2.51. The summed E-state index contributed by atoms with van der Waals surface area (Å²) in [5.41, 5.74) is 4.22. The molecule has 0 saturated heterocycles. The van der Waals surface area contributed by atoms with E-state index in [4.69, 9.17) is 0 Å². The third-order valence-corrected chi connectivity index (χ3v) is 7.03. The molecule has 1 spiro atoms. The summed E-state index contributed by atoms with van der Waals surface area (Å²) in [7, 11) is 0. The lowest BCUT2D eigenvalue weighted by atomic mass is 9.58. The van der Waals surface area contributed by atoms with Crippen LogP contribution in [0.15, 0.2) is 63.6 Å². The molecule has 1 aromatic rings. The number of fused-ring (bicyclic) bond motifs is 1. The van der Waals surface area contributed by atoms with Gasteiger partial charge in [-0.3, -0.25) is 4.79 Å². The molecule has 2 atom stereocenters. The standard InChI is InChI=1S/C22H25N3O/c1-2-22(15-8-4-3-5-9-15)16-14-23-25-20(16)24-17-12-21(10-6-7-11-21)13-18(26)19(17)22/h3-5,8-9,14,20,24H,2,6-7,10-13H2,1H3/t20?,22-/m0/s1. The quantitative estimate of drug-likeness (QED) is 0.836. The summed E-state index contributed by atoms with van der Waals surface area (Å²) in [4.78, 5) is 13.5. The van der Waals surface area contributed by atoms with E-state index < -0.39 is 5.41 Å². The number of benzene rings is 1. The fourth-order valence-corrected chi connectivity index (χ4v) is 5.89. The predicted molar refractivity (Wildman–Crippen MR) is 100 cm³/mol. The fraction of sp³-hybridized carbons (Fsp3) is 0.500. The third kappa shape index (κ3) is 2.04. The van der Waals surface area contributed by atoms with Gasteiger partial charge in [-0.2, -0.15) is 10.2 Å². The molecule has 26 heavy (non-hydrogen) atoms. The van der Waals surface area contributed by atoms with Gasteiger partial charge < -0.3 is 5.32 Å². The van der Waals surface area contributed by atoms with Crippen LogP contribution in [0.3, 0.4) is 0 Å². The minimum atomic E-state index is -0.396. The van der Waals surface area contributed by atoms with Crippen molar-refractivity contribution in [2.75, 3.05) is 0 Å². The van der Waals surface area contributed by atoms with Crippen molar-refractivity contribution >= 4 is 5.78 Å². The Morgan fingerprint density at radius 3 is 2.65 bits per heavy atom. The van der Waals surface area contributed by atoms with E-state index >= 15 is 0 Å². The number of hydrogen-bond acceptors (Lipinski definition) is 4. The molecule has 0 radical (unpaired) electrons. The van der Waals surface area contributed by atoms with Crippen LogP contribution in [0.4, 0.5) is 0 Å². The van der Waals surface area contributed by atoms with Crippen LogP contribution in [0.2, 0.25) is 0 Å². The monoisotopic (exact) mass is 347 g/mol. The van der Waals surface area contributed by atoms with Gasteiger partial charge in [0.05, 0.1) is 11.6 Å². The molecule has 5 rings (SSSR count). The number of nitrogens with one attached hydrogen (secondary N) is 1. The molecule has 1 N–H and O–H groups in total. The van der Waals surface area contributed by atoms with E-state index in [0.717, 1.165) is 29.7 Å². The van der Waals surface area contributed by atoms with E-state index in [-0.39, 0.29) is 11.6 Å². The second-order valence-corrected chi connectivity index (χ2v) is 8.32. The average molecular weight is 347 g/mol. The molecule has 134 valence electrons. The number of azo groups is 1. The minimum absolute atomic E-state index is 0.127. The van der Waals surface area contributed by atoms with Crippen molar-refractivity contribution in [3.05, 3.63) is 58.9 Å². The molecule has 1 saturated carbocycles. The molecular weight excluding hydrogens is 322 g/mol. The zero-order valence-corrected chi connectivity index (χ0v) is 15.3. The summed E-state index contributed by atoms with van der Waals surface area (Å²) >= 11 is 0. The highest BCUT2D eigenvalue weighted by atomic mass is 16.1. The van der Waals surface area contributed by atoms with Crippen LogP contribution in [0.1, 0.15) is 57.4 Å². The van der Waals surface area contributed by atoms with Crippen LogP contribution in [0, 0.1) is 5.41 Å². The molecule has 1 unspecified atom stereocenters. The minimum Gasteiger partial charge on any atom is -0.362 e. The van der Waals surface area contributed by atoms with E-state index in [2.05, 4.69) is 46.7 Å². The molecule has 4 nitrogen and oxygen atoms in total. The number of hydrogen-bond donors (Lipinski definition) is 1. The van der Waals surface area contributed by atoms with Crippen molar-refractivity contribution in [2.45, 2.75) is 63.5 Å². The second-order valence-electron chi connectivity index (χ2n) is 8.32. The SMILES string of the molecule is CC[C@]1(c2ccccc2)C2=CN=NC2NC2=C1C(=O)CC1(CCCC1)C2. The number of carbonyl (C=O) groups excluding carboxylic acids is 1. The number of Topliss-reactive ketones (excluding diaryl/α,β-unsaturated/α-hetero) is 1. The molecule has 0 aromatic heterocycles. The van der Waals surface area contributed by atoms with Gasteiger partial charge in [0.15, 0.2) is 11.9 Å². The molecule has 0 bridgehead atoms. The second kappa shape index (κ2) is 5.63. The van der Waals surface area contributed by atoms with Gasteiger partial charge in [0.1, 0.15) is 0 Å². The van der Waals surface area contributed by atoms with Gasteiger partial charge in [-0.15, -0.1) is 0 Å². The third-order valence-electron chi connectivity index (χ3n) is 7.03. The fourth-order valence-electron chi connectivity index (χ4n) is 5.89. The smallest absolute Gasteiger partial charge is 0.164 e. The summed E-state index contributed by atoms with van der Waals surface area (Å²) < 4.78 is 0. The first-order valence-corrected chi connectivity index (χ1v) is 9.88. The summed E-state index contributed by atoms with van der Waals surface area (Å²) in [6.45, 7) is 2.19. The summed E-state index contributed by atoms with van der Waals surface area (Å²) in [5, 5.41) is 12.3. The topological polar surface area (TPSA) is 53.8 Å². The van der Waals surface area contributed by atoms with Crippen LogP contribution >= 0.6 is 0 Å². The Morgan fingerprint density at radius 1 is 1.15 bits per heavy atom. The largest absolute Gasteiger partial charge is 0.362 e. The highest BCUT2D eigenvalue weighted by Crippen LogP contribution is 2.56. The molecule has 2 aliphatic carbocycles. The van der Waals surface area contributed by atoms with E-state index in [1.807, 2.05) is 12.3 Å². The maximum absolute atomic E-state index is 13.5. The van der Waals surface area contributed by atoms with Crippen molar-refractivity contribution in [3.63, 3.8) is 0 Å². The van der Waals surface area contributed by atoms with E-state index in [0.29, 0.717) is 12.2 Å². The lowest BCUT2D eigenvalue weighted by Gasteiger charge is -2.48. The predicted octanol–water partition coefficient (Wildman–Crippen LogP) is 4.79. The summed E-state index contributed by atoms with van der Waals surface area (Å²) in [5.74, 6) is 0.331. The van der Waals surface area contributed by atoms with Gasteiger partial charge in [0.2, 0.25) is 0 Å². The van der Waals surface area contributed by atoms with Crippen LogP contribution in [0.25, 0.3) is 0 Å². The van der Waals surface area contributed by atoms with Crippen LogP contribution in [-0.4, -0.2) is 11.9 Å². The van der Waals surface area contributed by atoms with E-state index in [1.54, 1.807) is 0 Å². The maximum Gasteiger partial charge on any atom is 0.164 e. The normalized spacial score (nSPS) is 31.7. The first-order chi connectivity index (χ1) is 12.7.